The van der Waals surface area contributed by atoms with Crippen LogP contribution in [-0.2, 0) is 9.63 Å². The molecule has 1 N–H and O–H groups in total. The Kier molecular flexibility index (Phi) is 3.67. The standard InChI is InChI=1S/C8H13NO5/c10-8(11)7-3-1-6(2-4-7)5-14-9(12)13/h6-7H,1-5H2,(H,10,11)/t6-,7-. The first kappa shape index (κ1) is 10.7. The van der Waals surface area contributed by atoms with Crippen molar-refractivity contribution in [1.29, 1.82) is 0 Å². The zero-order chi connectivity index (χ0) is 10.6. The third-order valence-electron chi connectivity index (χ3n) is 2.61. The minimum Gasteiger partial charge on any atom is -0.481 e. The van der Waals surface area contributed by atoms with E-state index >= 15 is 0 Å². The highest BCUT2D eigenvalue weighted by Crippen LogP contribution is 2.28. The summed E-state index contributed by atoms with van der Waals surface area (Å²) in [5, 5.41) is 17.8. The lowest BCUT2D eigenvalue weighted by Crippen LogP contribution is -2.24. The van der Waals surface area contributed by atoms with Crippen LogP contribution in [0.4, 0.5) is 0 Å². The number of nitrogens with zero attached hydrogens (tertiary/aromatic N) is 1. The van der Waals surface area contributed by atoms with Gasteiger partial charge in [0.25, 0.3) is 5.09 Å². The molecule has 0 spiro atoms. The number of hydrogen-bond acceptors (Lipinski definition) is 4. The molecule has 6 nitrogen and oxygen atoms in total. The minimum atomic E-state index is -0.802. The lowest BCUT2D eigenvalue weighted by molar-refractivity contribution is -0.759. The number of aliphatic carboxylic acids is 1. The maximum absolute atomic E-state index is 10.6. The summed E-state index contributed by atoms with van der Waals surface area (Å²) in [5.41, 5.74) is 0. The smallest absolute Gasteiger partial charge is 0.306 e. The van der Waals surface area contributed by atoms with Crippen LogP contribution in [-0.4, -0.2) is 22.8 Å². The molecule has 1 rings (SSSR count). The third kappa shape index (κ3) is 3.20. The van der Waals surface area contributed by atoms with Gasteiger partial charge < -0.3 is 9.94 Å². The normalized spacial score (nSPS) is 26.9. The van der Waals surface area contributed by atoms with Gasteiger partial charge >= 0.3 is 5.97 Å². The van der Waals surface area contributed by atoms with Crippen molar-refractivity contribution >= 4 is 5.97 Å². The van der Waals surface area contributed by atoms with Gasteiger partial charge in [0.05, 0.1) is 12.5 Å². The zero-order valence-electron chi connectivity index (χ0n) is 7.72. The van der Waals surface area contributed by atoms with E-state index in [-0.39, 0.29) is 18.4 Å². The summed E-state index contributed by atoms with van der Waals surface area (Å²) in [4.78, 5) is 24.7. The molecule has 0 radical (unpaired) electrons. The van der Waals surface area contributed by atoms with E-state index in [0.29, 0.717) is 25.7 Å². The Morgan fingerprint density at radius 3 is 2.43 bits per heavy atom. The highest BCUT2D eigenvalue weighted by molar-refractivity contribution is 5.69. The molecule has 0 amide bonds. The quantitative estimate of drug-likeness (QED) is 0.545. The summed E-state index contributed by atoms with van der Waals surface area (Å²) in [7, 11) is 0. The van der Waals surface area contributed by atoms with Crippen LogP contribution in [0.15, 0.2) is 0 Å². The number of rotatable bonds is 4. The first-order valence-electron chi connectivity index (χ1n) is 4.59. The fourth-order valence-corrected chi connectivity index (χ4v) is 1.74. The Morgan fingerprint density at radius 2 is 2.00 bits per heavy atom. The molecule has 0 heterocycles. The van der Waals surface area contributed by atoms with Crippen molar-refractivity contribution in [3.63, 3.8) is 0 Å². The van der Waals surface area contributed by atoms with Gasteiger partial charge in [0, 0.05) is 0 Å². The van der Waals surface area contributed by atoms with Crippen LogP contribution in [0.5, 0.6) is 0 Å². The van der Waals surface area contributed by atoms with Crippen molar-refractivity contribution in [1.82, 2.24) is 0 Å². The Labute approximate surface area is 81.0 Å². The Morgan fingerprint density at radius 1 is 1.43 bits per heavy atom. The van der Waals surface area contributed by atoms with Crippen LogP contribution in [0.3, 0.4) is 0 Å². The van der Waals surface area contributed by atoms with Crippen LogP contribution in [0.2, 0.25) is 0 Å². The van der Waals surface area contributed by atoms with Gasteiger partial charge in [-0.05, 0) is 31.6 Å². The number of carboxylic acids is 1. The molecule has 1 aliphatic rings. The van der Waals surface area contributed by atoms with Gasteiger partial charge in [-0.1, -0.05) is 0 Å². The van der Waals surface area contributed by atoms with Gasteiger partial charge in [-0.2, -0.15) is 0 Å². The summed E-state index contributed by atoms with van der Waals surface area (Å²) in [6, 6.07) is 0. The molecule has 0 aliphatic heterocycles. The van der Waals surface area contributed by atoms with Crippen LogP contribution in [0.1, 0.15) is 25.7 Å². The molecule has 0 bridgehead atoms. The fourth-order valence-electron chi connectivity index (χ4n) is 1.74. The SMILES string of the molecule is O=C(O)[C@H]1CC[C@H](CO[N+](=O)[O-])CC1. The van der Waals surface area contributed by atoms with E-state index in [0.717, 1.165) is 0 Å². The van der Waals surface area contributed by atoms with Gasteiger partial charge in [0.2, 0.25) is 0 Å². The van der Waals surface area contributed by atoms with Gasteiger partial charge in [0.1, 0.15) is 0 Å². The zero-order valence-corrected chi connectivity index (χ0v) is 7.72. The monoisotopic (exact) mass is 203 g/mol. The van der Waals surface area contributed by atoms with Gasteiger partial charge in [-0.3, -0.25) is 4.79 Å². The predicted molar refractivity (Wildman–Crippen MR) is 46.0 cm³/mol. The largest absolute Gasteiger partial charge is 0.481 e. The third-order valence-corrected chi connectivity index (χ3v) is 2.61. The molecule has 0 aromatic rings. The van der Waals surface area contributed by atoms with E-state index in [1.54, 1.807) is 0 Å². The fraction of sp³-hybridized carbons (Fsp3) is 0.875. The maximum atomic E-state index is 10.6. The van der Waals surface area contributed by atoms with Crippen LogP contribution in [0.25, 0.3) is 0 Å². The molecular weight excluding hydrogens is 190 g/mol. The average molecular weight is 203 g/mol. The molecule has 1 aliphatic carbocycles. The number of carboxylic acid groups (broad SMARTS) is 1. The van der Waals surface area contributed by atoms with Crippen LogP contribution in [0, 0.1) is 22.0 Å². The molecule has 14 heavy (non-hydrogen) atoms. The van der Waals surface area contributed by atoms with Gasteiger partial charge in [-0.15, -0.1) is 10.1 Å². The lowest BCUT2D eigenvalue weighted by Gasteiger charge is -2.24. The van der Waals surface area contributed by atoms with Crippen molar-refractivity contribution in [3.8, 4) is 0 Å². The molecule has 0 saturated heterocycles. The first-order valence-corrected chi connectivity index (χ1v) is 4.59. The minimum absolute atomic E-state index is 0.0966. The van der Waals surface area contributed by atoms with Crippen LogP contribution < -0.4 is 0 Å². The molecule has 0 aromatic carbocycles. The van der Waals surface area contributed by atoms with Gasteiger partial charge in [-0.25, -0.2) is 0 Å². The van der Waals surface area contributed by atoms with Gasteiger partial charge in [0.15, 0.2) is 0 Å². The average Bonchev–Trinajstić information content (AvgIpc) is 2.15. The second-order valence-electron chi connectivity index (χ2n) is 3.58. The van der Waals surface area contributed by atoms with E-state index in [1.165, 1.54) is 0 Å². The van der Waals surface area contributed by atoms with Crippen molar-refractivity contribution in [2.75, 3.05) is 6.61 Å². The second kappa shape index (κ2) is 4.78. The molecule has 1 saturated carbocycles. The van der Waals surface area contributed by atoms with E-state index in [1.807, 2.05) is 0 Å². The van der Waals surface area contributed by atoms with Crippen molar-refractivity contribution in [2.45, 2.75) is 25.7 Å². The molecule has 6 heteroatoms. The van der Waals surface area contributed by atoms with Crippen LogP contribution >= 0.6 is 0 Å². The Balaban J connectivity index is 2.22. The topological polar surface area (TPSA) is 89.7 Å². The van der Waals surface area contributed by atoms with Crippen molar-refractivity contribution in [2.24, 2.45) is 11.8 Å². The maximum Gasteiger partial charge on any atom is 0.306 e. The molecule has 0 aromatic heterocycles. The molecule has 0 atom stereocenters. The van der Waals surface area contributed by atoms with E-state index in [9.17, 15) is 14.9 Å². The molecule has 80 valence electrons. The highest BCUT2D eigenvalue weighted by Gasteiger charge is 2.26. The summed E-state index contributed by atoms with van der Waals surface area (Å²) in [6.45, 7) is 0.0966. The summed E-state index contributed by atoms with van der Waals surface area (Å²) in [5.74, 6) is -0.906. The van der Waals surface area contributed by atoms with Crippen molar-refractivity contribution in [3.05, 3.63) is 10.1 Å². The molecule has 0 unspecified atom stereocenters. The van der Waals surface area contributed by atoms with Crippen molar-refractivity contribution < 1.29 is 19.8 Å². The van der Waals surface area contributed by atoms with E-state index < -0.39 is 11.1 Å². The predicted octanol–water partition coefficient (Wildman–Crippen LogP) is 1.09. The highest BCUT2D eigenvalue weighted by atomic mass is 16.9. The number of hydrogen-bond donors (Lipinski definition) is 1. The van der Waals surface area contributed by atoms with E-state index in [2.05, 4.69) is 4.84 Å². The lowest BCUT2D eigenvalue weighted by atomic mass is 9.82. The Bertz CT molecular complexity index is 222. The Hall–Kier alpha value is -1.33. The summed E-state index contributed by atoms with van der Waals surface area (Å²) < 4.78 is 0. The first-order chi connectivity index (χ1) is 6.59. The molecular formula is C8H13NO5. The second-order valence-corrected chi connectivity index (χ2v) is 3.58. The summed E-state index contributed by atoms with van der Waals surface area (Å²) >= 11 is 0. The summed E-state index contributed by atoms with van der Waals surface area (Å²) in [6.07, 6.45) is 2.60. The number of carbonyl (C=O) groups is 1. The molecule has 1 fully saturated rings. The van der Waals surface area contributed by atoms with E-state index in [4.69, 9.17) is 5.11 Å².